The van der Waals surface area contributed by atoms with E-state index in [1.165, 1.54) is 6.07 Å². The Bertz CT molecular complexity index is 952. The smallest absolute Gasteiger partial charge is 0.227 e. The zero-order chi connectivity index (χ0) is 18.1. The molecule has 2 aromatic heterocycles. The van der Waals surface area contributed by atoms with Crippen LogP contribution in [0.1, 0.15) is 17.0 Å². The van der Waals surface area contributed by atoms with Gasteiger partial charge in [0.05, 0.1) is 42.8 Å². The van der Waals surface area contributed by atoms with Crippen molar-refractivity contribution in [1.82, 2.24) is 19.7 Å². The maximum Gasteiger partial charge on any atom is 0.227 e. The molecular weight excluding hydrogens is 331 g/mol. The van der Waals surface area contributed by atoms with Crippen molar-refractivity contribution < 1.29 is 9.18 Å². The lowest BCUT2D eigenvalue weighted by Crippen LogP contribution is -2.39. The van der Waals surface area contributed by atoms with Gasteiger partial charge in [0.2, 0.25) is 5.91 Å². The van der Waals surface area contributed by atoms with E-state index in [2.05, 4.69) is 10.1 Å². The van der Waals surface area contributed by atoms with E-state index in [0.717, 1.165) is 16.8 Å². The summed E-state index contributed by atoms with van der Waals surface area (Å²) in [4.78, 5) is 18.9. The van der Waals surface area contributed by atoms with Gasteiger partial charge in [-0.2, -0.15) is 5.10 Å². The summed E-state index contributed by atoms with van der Waals surface area (Å²) in [6.07, 6.45) is 2.14. The number of hydrogen-bond acceptors (Lipinski definition) is 3. The molecule has 1 aromatic carbocycles. The van der Waals surface area contributed by atoms with Gasteiger partial charge in [-0.3, -0.25) is 9.48 Å². The van der Waals surface area contributed by atoms with Crippen molar-refractivity contribution in [2.75, 3.05) is 6.54 Å². The Kier molecular flexibility index (Phi) is 4.24. The predicted octanol–water partition coefficient (Wildman–Crippen LogP) is 2.98. The molecule has 26 heavy (non-hydrogen) atoms. The van der Waals surface area contributed by atoms with E-state index in [1.807, 2.05) is 39.9 Å². The molecule has 0 saturated carbocycles. The number of hydrogen-bond donors (Lipinski definition) is 0. The second kappa shape index (κ2) is 6.71. The summed E-state index contributed by atoms with van der Waals surface area (Å²) in [6, 6.07) is 12.8. The van der Waals surface area contributed by atoms with Crippen molar-refractivity contribution in [3.05, 3.63) is 71.4 Å². The van der Waals surface area contributed by atoms with Crippen LogP contribution in [0, 0.1) is 12.7 Å². The van der Waals surface area contributed by atoms with Gasteiger partial charge in [0, 0.05) is 12.1 Å². The van der Waals surface area contributed by atoms with E-state index in [0.29, 0.717) is 37.4 Å². The fraction of sp³-hybridized carbons (Fsp3) is 0.250. The number of benzene rings is 1. The minimum atomic E-state index is -0.325. The Balaban J connectivity index is 1.57. The van der Waals surface area contributed by atoms with Gasteiger partial charge in [-0.15, -0.1) is 0 Å². The molecule has 6 heteroatoms. The number of pyridine rings is 1. The lowest BCUT2D eigenvalue weighted by atomic mass is 10.1. The van der Waals surface area contributed by atoms with E-state index in [1.54, 1.807) is 19.2 Å². The number of amides is 1. The fourth-order valence-electron chi connectivity index (χ4n) is 3.25. The van der Waals surface area contributed by atoms with Gasteiger partial charge in [-0.25, -0.2) is 9.37 Å². The van der Waals surface area contributed by atoms with E-state index in [4.69, 9.17) is 0 Å². The van der Waals surface area contributed by atoms with Crippen LogP contribution >= 0.6 is 0 Å². The van der Waals surface area contributed by atoms with E-state index in [9.17, 15) is 9.18 Å². The summed E-state index contributed by atoms with van der Waals surface area (Å²) < 4.78 is 15.4. The highest BCUT2D eigenvalue weighted by molar-refractivity contribution is 5.79. The molecule has 0 spiro atoms. The standard InChI is InChI=1S/C20H19FN4O/c1-14-17(21)7-8-18(23-14)16-12-22-25-10-9-24(13-19(16)25)20(26)11-15-5-3-2-4-6-15/h2-8,12H,9-11,13H2,1H3. The molecular formula is C20H19FN4O. The Labute approximate surface area is 151 Å². The topological polar surface area (TPSA) is 51.0 Å². The van der Waals surface area contributed by atoms with Crippen LogP contribution < -0.4 is 0 Å². The van der Waals surface area contributed by atoms with Gasteiger partial charge in [0.25, 0.3) is 0 Å². The quantitative estimate of drug-likeness (QED) is 0.730. The van der Waals surface area contributed by atoms with Crippen molar-refractivity contribution >= 4 is 5.91 Å². The Morgan fingerprint density at radius 2 is 1.96 bits per heavy atom. The van der Waals surface area contributed by atoms with Crippen LogP contribution in [0.5, 0.6) is 0 Å². The second-order valence-corrected chi connectivity index (χ2v) is 6.47. The molecule has 0 radical (unpaired) electrons. The summed E-state index contributed by atoms with van der Waals surface area (Å²) in [5.74, 6) is -0.229. The first-order chi connectivity index (χ1) is 12.6. The maximum atomic E-state index is 13.5. The zero-order valence-electron chi connectivity index (χ0n) is 14.5. The second-order valence-electron chi connectivity index (χ2n) is 6.47. The SMILES string of the molecule is Cc1nc(-c2cnn3c2CN(C(=O)Cc2ccccc2)CC3)ccc1F. The lowest BCUT2D eigenvalue weighted by Gasteiger charge is -2.28. The fourth-order valence-corrected chi connectivity index (χ4v) is 3.25. The third-order valence-electron chi connectivity index (χ3n) is 4.72. The Morgan fingerprint density at radius 3 is 2.73 bits per heavy atom. The molecule has 0 fully saturated rings. The molecule has 1 aliphatic rings. The first kappa shape index (κ1) is 16.4. The summed E-state index contributed by atoms with van der Waals surface area (Å²) >= 11 is 0. The number of aryl methyl sites for hydroxylation is 1. The summed E-state index contributed by atoms with van der Waals surface area (Å²) in [5, 5.41) is 4.41. The normalized spacial score (nSPS) is 13.5. The predicted molar refractivity (Wildman–Crippen MR) is 95.7 cm³/mol. The van der Waals surface area contributed by atoms with Crippen molar-refractivity contribution in [2.24, 2.45) is 0 Å². The molecule has 0 unspecified atom stereocenters. The third kappa shape index (κ3) is 3.10. The lowest BCUT2D eigenvalue weighted by molar-refractivity contribution is -0.131. The van der Waals surface area contributed by atoms with E-state index in [-0.39, 0.29) is 11.7 Å². The van der Waals surface area contributed by atoms with Crippen molar-refractivity contribution in [3.8, 4) is 11.3 Å². The number of halogens is 1. The van der Waals surface area contributed by atoms with Gasteiger partial charge >= 0.3 is 0 Å². The number of nitrogens with zero attached hydrogens (tertiary/aromatic N) is 4. The number of aromatic nitrogens is 3. The molecule has 5 nitrogen and oxygen atoms in total. The van der Waals surface area contributed by atoms with E-state index < -0.39 is 0 Å². The average Bonchev–Trinajstić information content (AvgIpc) is 3.08. The van der Waals surface area contributed by atoms with Crippen LogP contribution in [0.15, 0.2) is 48.7 Å². The number of rotatable bonds is 3. The third-order valence-corrected chi connectivity index (χ3v) is 4.72. The summed E-state index contributed by atoms with van der Waals surface area (Å²) in [5.41, 5.74) is 3.84. The minimum Gasteiger partial charge on any atom is -0.335 e. The highest BCUT2D eigenvalue weighted by Gasteiger charge is 2.25. The van der Waals surface area contributed by atoms with Crippen molar-refractivity contribution in [2.45, 2.75) is 26.4 Å². The Hall–Kier alpha value is -3.02. The van der Waals surface area contributed by atoms with Crippen LogP contribution in [-0.2, 0) is 24.3 Å². The highest BCUT2D eigenvalue weighted by atomic mass is 19.1. The van der Waals surface area contributed by atoms with Crippen LogP contribution in [0.2, 0.25) is 0 Å². The minimum absolute atomic E-state index is 0.0952. The van der Waals surface area contributed by atoms with Crippen molar-refractivity contribution in [1.29, 1.82) is 0 Å². The monoisotopic (exact) mass is 350 g/mol. The number of fused-ring (bicyclic) bond motifs is 1. The van der Waals surface area contributed by atoms with Gasteiger partial charge in [0.1, 0.15) is 5.82 Å². The highest BCUT2D eigenvalue weighted by Crippen LogP contribution is 2.26. The average molecular weight is 350 g/mol. The summed E-state index contributed by atoms with van der Waals surface area (Å²) in [7, 11) is 0. The van der Waals surface area contributed by atoms with Gasteiger partial charge in [-0.05, 0) is 24.6 Å². The van der Waals surface area contributed by atoms with Gasteiger partial charge in [0.15, 0.2) is 0 Å². The van der Waals surface area contributed by atoms with Gasteiger partial charge in [-0.1, -0.05) is 30.3 Å². The molecule has 1 aliphatic heterocycles. The van der Waals surface area contributed by atoms with Gasteiger partial charge < -0.3 is 4.90 Å². The number of carbonyl (C=O) groups excluding carboxylic acids is 1. The molecule has 0 aliphatic carbocycles. The van der Waals surface area contributed by atoms with Crippen LogP contribution in [-0.4, -0.2) is 32.1 Å². The maximum absolute atomic E-state index is 13.5. The Morgan fingerprint density at radius 1 is 1.15 bits per heavy atom. The molecule has 0 N–H and O–H groups in total. The van der Waals surface area contributed by atoms with Crippen molar-refractivity contribution in [3.63, 3.8) is 0 Å². The summed E-state index contributed by atoms with van der Waals surface area (Å²) in [6.45, 7) is 3.41. The zero-order valence-corrected chi connectivity index (χ0v) is 14.5. The van der Waals surface area contributed by atoms with Crippen LogP contribution in [0.25, 0.3) is 11.3 Å². The molecule has 132 valence electrons. The number of carbonyl (C=O) groups is 1. The molecule has 0 atom stereocenters. The molecule has 0 saturated heterocycles. The molecule has 3 heterocycles. The molecule has 0 bridgehead atoms. The van der Waals surface area contributed by atoms with E-state index >= 15 is 0 Å². The first-order valence-corrected chi connectivity index (χ1v) is 8.62. The molecule has 1 amide bonds. The first-order valence-electron chi connectivity index (χ1n) is 8.62. The molecule has 3 aromatic rings. The molecule has 4 rings (SSSR count). The van der Waals surface area contributed by atoms with Crippen LogP contribution in [0.3, 0.4) is 0 Å². The van der Waals surface area contributed by atoms with Crippen LogP contribution in [0.4, 0.5) is 4.39 Å². The largest absolute Gasteiger partial charge is 0.335 e.